The molecule has 1 N–H and O–H groups in total. The van der Waals surface area contributed by atoms with Crippen LogP contribution >= 0.6 is 11.8 Å². The molecule has 0 bridgehead atoms. The van der Waals surface area contributed by atoms with Gasteiger partial charge in [0.25, 0.3) is 0 Å². The highest BCUT2D eigenvalue weighted by Crippen LogP contribution is 2.25. The normalized spacial score (nSPS) is 11.0. The molecule has 0 spiro atoms. The fourth-order valence-corrected chi connectivity index (χ4v) is 3.29. The molecule has 0 unspecified atom stereocenters. The van der Waals surface area contributed by atoms with Crippen LogP contribution < -0.4 is 5.32 Å². The van der Waals surface area contributed by atoms with Crippen LogP contribution in [0.3, 0.4) is 0 Å². The van der Waals surface area contributed by atoms with Gasteiger partial charge in [0, 0.05) is 6.54 Å². The molecule has 0 fully saturated rings. The van der Waals surface area contributed by atoms with Crippen LogP contribution in [0.1, 0.15) is 6.92 Å². The highest BCUT2D eigenvalue weighted by molar-refractivity contribution is 7.99. The highest BCUT2D eigenvalue weighted by Gasteiger charge is 2.16. The zero-order valence-electron chi connectivity index (χ0n) is 13.2. The largest absolute Gasteiger partial charge is 0.323 e. The van der Waals surface area contributed by atoms with Gasteiger partial charge in [0.1, 0.15) is 0 Å². The highest BCUT2D eigenvalue weighted by atomic mass is 32.2. The van der Waals surface area contributed by atoms with Crippen molar-refractivity contribution in [2.75, 3.05) is 11.1 Å². The van der Waals surface area contributed by atoms with Crippen LogP contribution in [0, 0.1) is 17.5 Å². The molecule has 1 aromatic heterocycles. The number of nitrogens with one attached hydrogen (secondary N) is 1. The predicted octanol–water partition coefficient (Wildman–Crippen LogP) is 4.20. The number of carbonyl (C=O) groups excluding carboxylic acids is 1. The summed E-state index contributed by atoms with van der Waals surface area (Å²) in [7, 11) is 0. The van der Waals surface area contributed by atoms with Gasteiger partial charge in [-0.25, -0.2) is 18.2 Å². The molecule has 0 aliphatic heterocycles. The summed E-state index contributed by atoms with van der Waals surface area (Å²) in [5.41, 5.74) is 1.38. The Labute approximate surface area is 146 Å². The third kappa shape index (κ3) is 3.48. The minimum absolute atomic E-state index is 0.0399. The number of imidazole rings is 1. The molecule has 3 aromatic rings. The first-order valence-corrected chi connectivity index (χ1v) is 8.51. The van der Waals surface area contributed by atoms with Gasteiger partial charge >= 0.3 is 0 Å². The van der Waals surface area contributed by atoms with Crippen molar-refractivity contribution in [1.82, 2.24) is 9.55 Å². The van der Waals surface area contributed by atoms with Crippen LogP contribution in [0.4, 0.5) is 18.9 Å². The monoisotopic (exact) mass is 365 g/mol. The molecular weight excluding hydrogens is 351 g/mol. The number of hydrogen-bond donors (Lipinski definition) is 1. The lowest BCUT2D eigenvalue weighted by Crippen LogP contribution is -2.16. The van der Waals surface area contributed by atoms with Gasteiger partial charge in [-0.2, -0.15) is 0 Å². The van der Waals surface area contributed by atoms with Crippen molar-refractivity contribution in [1.29, 1.82) is 0 Å². The Morgan fingerprint density at radius 2 is 1.92 bits per heavy atom. The number of fused-ring (bicyclic) bond motifs is 1. The molecule has 0 aliphatic carbocycles. The summed E-state index contributed by atoms with van der Waals surface area (Å²) < 4.78 is 41.7. The molecule has 0 saturated heterocycles. The maximum atomic E-state index is 13.6. The van der Waals surface area contributed by atoms with E-state index in [1.54, 1.807) is 0 Å². The number of anilines is 1. The third-order valence-corrected chi connectivity index (χ3v) is 4.55. The number of aryl methyl sites for hydroxylation is 1. The zero-order valence-corrected chi connectivity index (χ0v) is 14.0. The first-order chi connectivity index (χ1) is 12.0. The molecule has 0 atom stereocenters. The number of rotatable bonds is 5. The quantitative estimate of drug-likeness (QED) is 0.544. The summed E-state index contributed by atoms with van der Waals surface area (Å²) in [5, 5.41) is 2.90. The van der Waals surface area contributed by atoms with Gasteiger partial charge in [0.05, 0.1) is 22.5 Å². The summed E-state index contributed by atoms with van der Waals surface area (Å²) in [4.78, 5) is 16.5. The number of nitrogens with zero attached hydrogens (tertiary/aromatic N) is 2. The van der Waals surface area contributed by atoms with E-state index in [4.69, 9.17) is 0 Å². The number of halogens is 3. The van der Waals surface area contributed by atoms with Crippen LogP contribution in [0.2, 0.25) is 0 Å². The number of amides is 1. The summed E-state index contributed by atoms with van der Waals surface area (Å²) >= 11 is 1.19. The number of carbonyl (C=O) groups is 1. The van der Waals surface area contributed by atoms with E-state index in [1.807, 2.05) is 35.8 Å². The number of thioether (sulfide) groups is 1. The first kappa shape index (κ1) is 17.3. The van der Waals surface area contributed by atoms with Crippen molar-refractivity contribution in [3.63, 3.8) is 0 Å². The van der Waals surface area contributed by atoms with E-state index in [2.05, 4.69) is 10.3 Å². The van der Waals surface area contributed by atoms with E-state index in [1.165, 1.54) is 11.8 Å². The molecule has 3 rings (SSSR count). The second-order valence-electron chi connectivity index (χ2n) is 5.19. The van der Waals surface area contributed by atoms with Gasteiger partial charge in [0.15, 0.2) is 22.6 Å². The fraction of sp³-hybridized carbons (Fsp3) is 0.176. The van der Waals surface area contributed by atoms with Crippen molar-refractivity contribution in [2.24, 2.45) is 0 Å². The van der Waals surface area contributed by atoms with Crippen LogP contribution in [0.5, 0.6) is 0 Å². The molecular formula is C17H14F3N3OS. The number of para-hydroxylation sites is 2. The summed E-state index contributed by atoms with van der Waals surface area (Å²) in [6.45, 7) is 2.65. The molecule has 1 heterocycles. The fourth-order valence-electron chi connectivity index (χ4n) is 2.41. The average Bonchev–Trinajstić information content (AvgIpc) is 2.98. The second kappa shape index (κ2) is 7.18. The lowest BCUT2D eigenvalue weighted by atomic mass is 10.3. The lowest BCUT2D eigenvalue weighted by molar-refractivity contribution is -0.113. The molecule has 130 valence electrons. The van der Waals surface area contributed by atoms with Crippen LogP contribution in [0.15, 0.2) is 41.6 Å². The van der Waals surface area contributed by atoms with Gasteiger partial charge < -0.3 is 9.88 Å². The maximum Gasteiger partial charge on any atom is 0.234 e. The topological polar surface area (TPSA) is 46.9 Å². The number of hydrogen-bond acceptors (Lipinski definition) is 3. The first-order valence-electron chi connectivity index (χ1n) is 7.52. The van der Waals surface area contributed by atoms with Crippen molar-refractivity contribution < 1.29 is 18.0 Å². The van der Waals surface area contributed by atoms with Gasteiger partial charge in [-0.15, -0.1) is 0 Å². The Hall–Kier alpha value is -2.48. The SMILES string of the molecule is CCn1c(SCC(=O)Nc2ccc(F)c(F)c2F)nc2ccccc21. The molecule has 0 saturated carbocycles. The molecule has 1 amide bonds. The smallest absolute Gasteiger partial charge is 0.234 e. The van der Waals surface area contributed by atoms with E-state index in [9.17, 15) is 18.0 Å². The van der Waals surface area contributed by atoms with E-state index >= 15 is 0 Å². The third-order valence-electron chi connectivity index (χ3n) is 3.58. The van der Waals surface area contributed by atoms with Gasteiger partial charge in [-0.05, 0) is 31.2 Å². The van der Waals surface area contributed by atoms with E-state index in [-0.39, 0.29) is 5.75 Å². The van der Waals surface area contributed by atoms with Crippen molar-refractivity contribution >= 4 is 34.4 Å². The molecule has 0 radical (unpaired) electrons. The molecule has 0 aliphatic rings. The molecule has 8 heteroatoms. The zero-order chi connectivity index (χ0) is 18.0. The van der Waals surface area contributed by atoms with Crippen LogP contribution in [-0.4, -0.2) is 21.2 Å². The standard InChI is InChI=1S/C17H14F3N3OS/c1-2-23-13-6-4-3-5-11(13)22-17(23)25-9-14(24)21-12-8-7-10(18)15(19)16(12)20/h3-8H,2,9H2,1H3,(H,21,24). The van der Waals surface area contributed by atoms with Crippen LogP contribution in [0.25, 0.3) is 11.0 Å². The summed E-state index contributed by atoms with van der Waals surface area (Å²) in [6.07, 6.45) is 0. The average molecular weight is 365 g/mol. The Bertz CT molecular complexity index is 942. The summed E-state index contributed by atoms with van der Waals surface area (Å²) in [5.74, 6) is -4.91. The minimum atomic E-state index is -1.61. The Morgan fingerprint density at radius 3 is 2.68 bits per heavy atom. The lowest BCUT2D eigenvalue weighted by Gasteiger charge is -2.08. The van der Waals surface area contributed by atoms with Gasteiger partial charge in [-0.1, -0.05) is 23.9 Å². The minimum Gasteiger partial charge on any atom is -0.323 e. The predicted molar refractivity (Wildman–Crippen MR) is 91.1 cm³/mol. The Kier molecular flexibility index (Phi) is 4.98. The molecule has 25 heavy (non-hydrogen) atoms. The van der Waals surface area contributed by atoms with Crippen molar-refractivity contribution in [2.45, 2.75) is 18.6 Å². The van der Waals surface area contributed by atoms with Crippen LogP contribution in [-0.2, 0) is 11.3 Å². The molecule has 4 nitrogen and oxygen atoms in total. The van der Waals surface area contributed by atoms with E-state index in [0.717, 1.165) is 23.2 Å². The summed E-state index contributed by atoms with van der Waals surface area (Å²) in [6, 6.07) is 9.34. The Balaban J connectivity index is 1.72. The van der Waals surface area contributed by atoms with Crippen molar-refractivity contribution in [3.8, 4) is 0 Å². The Morgan fingerprint density at radius 1 is 1.16 bits per heavy atom. The number of benzene rings is 2. The van der Waals surface area contributed by atoms with Gasteiger partial charge in [0.2, 0.25) is 5.91 Å². The van der Waals surface area contributed by atoms with E-state index in [0.29, 0.717) is 11.7 Å². The second-order valence-corrected chi connectivity index (χ2v) is 6.13. The maximum absolute atomic E-state index is 13.6. The molecule has 2 aromatic carbocycles. The van der Waals surface area contributed by atoms with Gasteiger partial charge in [-0.3, -0.25) is 4.79 Å². The van der Waals surface area contributed by atoms with Crippen molar-refractivity contribution in [3.05, 3.63) is 53.8 Å². The number of aromatic nitrogens is 2. The van der Waals surface area contributed by atoms with E-state index < -0.39 is 29.0 Å².